The number of nitrogens with one attached hydrogen (secondary N) is 1. The van der Waals surface area contributed by atoms with Gasteiger partial charge in [0, 0.05) is 12.2 Å². The molecule has 6 nitrogen and oxygen atoms in total. The van der Waals surface area contributed by atoms with E-state index < -0.39 is 5.82 Å². The molecule has 0 radical (unpaired) electrons. The molecule has 2 aromatic carbocycles. The van der Waals surface area contributed by atoms with Gasteiger partial charge >= 0.3 is 0 Å². The van der Waals surface area contributed by atoms with E-state index in [2.05, 4.69) is 15.5 Å². The van der Waals surface area contributed by atoms with E-state index in [1.807, 2.05) is 43.5 Å². The van der Waals surface area contributed by atoms with Gasteiger partial charge in [0.25, 0.3) is 0 Å². The molecule has 0 aliphatic carbocycles. The molecule has 1 amide bonds. The first-order valence-electron chi connectivity index (χ1n) is 9.37. The van der Waals surface area contributed by atoms with Crippen LogP contribution in [0.4, 0.5) is 10.1 Å². The zero-order chi connectivity index (χ0) is 21.7. The Bertz CT molecular complexity index is 1060. The zero-order valence-electron chi connectivity index (χ0n) is 16.9. The highest BCUT2D eigenvalue weighted by Gasteiger charge is 2.15. The minimum Gasteiger partial charge on any atom is -0.484 e. The molecule has 0 aliphatic heterocycles. The molecule has 0 bridgehead atoms. The lowest BCUT2D eigenvalue weighted by atomic mass is 10.1. The molecule has 0 saturated heterocycles. The highest BCUT2D eigenvalue weighted by Crippen LogP contribution is 2.26. The number of carbonyl (C=O) groups excluding carboxylic acids is 1. The summed E-state index contributed by atoms with van der Waals surface area (Å²) in [6.07, 6.45) is 0. The number of anilines is 1. The number of rotatable bonds is 8. The number of hydrogen-bond acceptors (Lipinski definition) is 5. The van der Waals surface area contributed by atoms with E-state index in [0.29, 0.717) is 23.3 Å². The number of halogens is 2. The zero-order valence-corrected chi connectivity index (χ0v) is 18.5. The summed E-state index contributed by atoms with van der Waals surface area (Å²) in [4.78, 5) is 12.4. The average molecular weight is 449 g/mol. The minimum absolute atomic E-state index is 0.116. The number of amides is 1. The Morgan fingerprint density at radius 3 is 2.77 bits per heavy atom. The molecule has 0 saturated carbocycles. The number of carbonyl (C=O) groups is 1. The maximum Gasteiger partial charge on any atom is 0.234 e. The molecule has 1 aromatic heterocycles. The van der Waals surface area contributed by atoms with Crippen molar-refractivity contribution in [2.75, 3.05) is 11.1 Å². The predicted molar refractivity (Wildman–Crippen MR) is 117 cm³/mol. The fraction of sp³-hybridized carbons (Fsp3) is 0.286. The van der Waals surface area contributed by atoms with Crippen molar-refractivity contribution >= 4 is 35.0 Å². The molecule has 30 heavy (non-hydrogen) atoms. The molecule has 9 heteroatoms. The van der Waals surface area contributed by atoms with Crippen LogP contribution in [0, 0.1) is 19.7 Å². The lowest BCUT2D eigenvalue weighted by molar-refractivity contribution is -0.113. The lowest BCUT2D eigenvalue weighted by Gasteiger charge is -2.11. The van der Waals surface area contributed by atoms with Gasteiger partial charge in [-0.3, -0.25) is 4.79 Å². The second-order valence-electron chi connectivity index (χ2n) is 6.66. The van der Waals surface area contributed by atoms with Crippen LogP contribution in [0.15, 0.2) is 41.6 Å². The van der Waals surface area contributed by atoms with Crippen LogP contribution in [-0.2, 0) is 17.9 Å². The number of ether oxygens (including phenoxy) is 1. The number of benzene rings is 2. The van der Waals surface area contributed by atoms with Crippen LogP contribution in [0.5, 0.6) is 5.75 Å². The van der Waals surface area contributed by atoms with Crippen LogP contribution >= 0.6 is 23.4 Å². The summed E-state index contributed by atoms with van der Waals surface area (Å²) in [6.45, 7) is 6.63. The summed E-state index contributed by atoms with van der Waals surface area (Å²) in [6, 6.07) is 9.87. The van der Waals surface area contributed by atoms with Crippen LogP contribution in [0.2, 0.25) is 5.02 Å². The maximum atomic E-state index is 13.2. The summed E-state index contributed by atoms with van der Waals surface area (Å²) >= 11 is 7.29. The predicted octanol–water partition coefficient (Wildman–Crippen LogP) is 5.02. The molecule has 0 fully saturated rings. The third kappa shape index (κ3) is 5.52. The Morgan fingerprint density at radius 1 is 1.23 bits per heavy atom. The van der Waals surface area contributed by atoms with Crippen molar-refractivity contribution in [3.05, 3.63) is 64.2 Å². The van der Waals surface area contributed by atoms with Crippen LogP contribution in [0.3, 0.4) is 0 Å². The second-order valence-corrected chi connectivity index (χ2v) is 8.01. The fourth-order valence-electron chi connectivity index (χ4n) is 2.77. The molecule has 3 aromatic rings. The fourth-order valence-corrected chi connectivity index (χ4v) is 3.81. The molecule has 158 valence electrons. The number of thioether (sulfide) groups is 1. The van der Waals surface area contributed by atoms with E-state index in [1.165, 1.54) is 30.0 Å². The molecule has 3 rings (SSSR count). The number of aromatic nitrogens is 3. The molecule has 1 N–H and O–H groups in total. The first kappa shape index (κ1) is 22.1. The van der Waals surface area contributed by atoms with Crippen molar-refractivity contribution in [3.63, 3.8) is 0 Å². The van der Waals surface area contributed by atoms with E-state index in [-0.39, 0.29) is 23.3 Å². The maximum absolute atomic E-state index is 13.2. The Hall–Kier alpha value is -2.58. The van der Waals surface area contributed by atoms with E-state index in [1.54, 1.807) is 0 Å². The van der Waals surface area contributed by atoms with Crippen molar-refractivity contribution < 1.29 is 13.9 Å². The molecular formula is C21H22ClFN4O2S. The summed E-state index contributed by atoms with van der Waals surface area (Å²) in [7, 11) is 0. The molecule has 0 spiro atoms. The Labute approximate surface area is 183 Å². The van der Waals surface area contributed by atoms with Crippen LogP contribution in [0.1, 0.15) is 23.9 Å². The normalized spacial score (nSPS) is 10.8. The number of nitrogens with zero attached hydrogens (tertiary/aromatic N) is 3. The topological polar surface area (TPSA) is 69.0 Å². The molecular weight excluding hydrogens is 427 g/mol. The summed E-state index contributed by atoms with van der Waals surface area (Å²) in [5.41, 5.74) is 2.90. The number of aryl methyl sites for hydroxylation is 2. The van der Waals surface area contributed by atoms with Gasteiger partial charge in [-0.1, -0.05) is 35.5 Å². The van der Waals surface area contributed by atoms with Crippen molar-refractivity contribution in [3.8, 4) is 5.75 Å². The minimum atomic E-state index is -0.429. The van der Waals surface area contributed by atoms with Crippen molar-refractivity contribution in [2.45, 2.75) is 39.1 Å². The van der Waals surface area contributed by atoms with Crippen LogP contribution < -0.4 is 10.1 Å². The van der Waals surface area contributed by atoms with E-state index in [4.69, 9.17) is 16.3 Å². The first-order chi connectivity index (χ1) is 14.4. The Morgan fingerprint density at radius 2 is 2.03 bits per heavy atom. The van der Waals surface area contributed by atoms with Gasteiger partial charge in [0.1, 0.15) is 18.2 Å². The van der Waals surface area contributed by atoms with E-state index in [9.17, 15) is 9.18 Å². The quantitative estimate of drug-likeness (QED) is 0.490. The van der Waals surface area contributed by atoms with E-state index in [0.717, 1.165) is 16.8 Å². The smallest absolute Gasteiger partial charge is 0.234 e. The third-order valence-electron chi connectivity index (χ3n) is 4.36. The largest absolute Gasteiger partial charge is 0.484 e. The highest BCUT2D eigenvalue weighted by molar-refractivity contribution is 7.99. The van der Waals surface area contributed by atoms with Crippen molar-refractivity contribution in [2.24, 2.45) is 0 Å². The average Bonchev–Trinajstić information content (AvgIpc) is 3.10. The van der Waals surface area contributed by atoms with Crippen LogP contribution in [-0.4, -0.2) is 26.4 Å². The van der Waals surface area contributed by atoms with Gasteiger partial charge in [-0.25, -0.2) is 4.39 Å². The lowest BCUT2D eigenvalue weighted by Crippen LogP contribution is -2.15. The van der Waals surface area contributed by atoms with E-state index >= 15 is 0 Å². The SMILES string of the molecule is CCn1c(COc2ccc(F)cc2Cl)nnc1SCC(=O)Nc1cc(C)ccc1C. The van der Waals surface area contributed by atoms with Gasteiger partial charge < -0.3 is 14.6 Å². The van der Waals surface area contributed by atoms with Gasteiger partial charge in [0.2, 0.25) is 5.91 Å². The monoisotopic (exact) mass is 448 g/mol. The molecule has 1 heterocycles. The molecule has 0 unspecified atom stereocenters. The molecule has 0 atom stereocenters. The highest BCUT2D eigenvalue weighted by atomic mass is 35.5. The number of hydrogen-bond donors (Lipinski definition) is 1. The van der Waals surface area contributed by atoms with Crippen molar-refractivity contribution in [1.29, 1.82) is 0 Å². The second kappa shape index (κ2) is 9.95. The van der Waals surface area contributed by atoms with Gasteiger partial charge in [-0.2, -0.15) is 0 Å². The first-order valence-corrected chi connectivity index (χ1v) is 10.7. The summed E-state index contributed by atoms with van der Waals surface area (Å²) in [5.74, 6) is 0.620. The van der Waals surface area contributed by atoms with Gasteiger partial charge in [-0.05, 0) is 56.2 Å². The van der Waals surface area contributed by atoms with Gasteiger partial charge in [-0.15, -0.1) is 10.2 Å². The van der Waals surface area contributed by atoms with Crippen LogP contribution in [0.25, 0.3) is 0 Å². The third-order valence-corrected chi connectivity index (χ3v) is 5.62. The van der Waals surface area contributed by atoms with Gasteiger partial charge in [0.05, 0.1) is 10.8 Å². The standard InChI is InChI=1S/C21H22ClFN4O2S/c1-4-27-19(11-29-18-8-7-15(23)10-16(18)22)25-26-21(27)30-12-20(28)24-17-9-13(2)5-6-14(17)3/h5-10H,4,11-12H2,1-3H3,(H,24,28). The Kier molecular flexibility index (Phi) is 7.33. The van der Waals surface area contributed by atoms with Crippen molar-refractivity contribution in [1.82, 2.24) is 14.8 Å². The Balaban J connectivity index is 1.61. The van der Waals surface area contributed by atoms with Gasteiger partial charge in [0.15, 0.2) is 11.0 Å². The molecule has 0 aliphatic rings. The summed E-state index contributed by atoms with van der Waals surface area (Å²) in [5, 5.41) is 12.1. The summed E-state index contributed by atoms with van der Waals surface area (Å²) < 4.78 is 20.7.